The first-order valence-corrected chi connectivity index (χ1v) is 14.8. The van der Waals surface area contributed by atoms with Crippen molar-refractivity contribution in [2.75, 3.05) is 18.0 Å². The highest BCUT2D eigenvalue weighted by molar-refractivity contribution is 6.10. The van der Waals surface area contributed by atoms with Gasteiger partial charge in [-0.15, -0.1) is 0 Å². The number of benzene rings is 4. The van der Waals surface area contributed by atoms with Gasteiger partial charge >= 0.3 is 0 Å². The zero-order valence-electron chi connectivity index (χ0n) is 25.6. The summed E-state index contributed by atoms with van der Waals surface area (Å²) in [5.41, 5.74) is 8.17. The fourth-order valence-corrected chi connectivity index (χ4v) is 5.00. The Morgan fingerprint density at radius 1 is 0.800 bits per heavy atom. The molecule has 0 amide bonds. The molecule has 0 spiro atoms. The predicted molar refractivity (Wildman–Crippen MR) is 175 cm³/mol. The van der Waals surface area contributed by atoms with Crippen LogP contribution in [0.5, 0.6) is 0 Å². The van der Waals surface area contributed by atoms with Crippen molar-refractivity contribution in [3.05, 3.63) is 107 Å². The third-order valence-electron chi connectivity index (χ3n) is 7.40. The molecule has 0 saturated heterocycles. The van der Waals surface area contributed by atoms with E-state index in [-0.39, 0.29) is 5.78 Å². The number of hydrogen-bond acceptors (Lipinski definition) is 3. The average Bonchev–Trinajstić information content (AvgIpc) is 2.96. The Bertz CT molecular complexity index is 1420. The molecule has 0 heterocycles. The molecule has 0 N–H and O–H groups in total. The molecule has 0 bridgehead atoms. The van der Waals surface area contributed by atoms with Gasteiger partial charge in [-0.05, 0) is 68.7 Å². The van der Waals surface area contributed by atoms with Crippen molar-refractivity contribution in [3.8, 4) is 0 Å². The molecule has 0 aliphatic heterocycles. The third kappa shape index (κ3) is 7.91. The fourth-order valence-electron chi connectivity index (χ4n) is 5.00. The van der Waals surface area contributed by atoms with Crippen LogP contribution >= 0.6 is 0 Å². The summed E-state index contributed by atoms with van der Waals surface area (Å²) in [7, 11) is 0. The van der Waals surface area contributed by atoms with Crippen molar-refractivity contribution < 1.29 is 4.79 Å². The minimum absolute atomic E-state index is 0.128. The molecule has 4 rings (SSSR count). The first-order valence-electron chi connectivity index (χ1n) is 14.8. The largest absolute Gasteiger partial charge is 0.372 e. The molecule has 210 valence electrons. The maximum atomic E-state index is 13.2. The number of ketones is 1. The molecule has 4 aromatic rings. The van der Waals surface area contributed by atoms with Gasteiger partial charge in [0.2, 0.25) is 0 Å². The van der Waals surface area contributed by atoms with E-state index in [9.17, 15) is 4.79 Å². The van der Waals surface area contributed by atoms with Gasteiger partial charge in [0.1, 0.15) is 0 Å². The van der Waals surface area contributed by atoms with Crippen LogP contribution in [-0.4, -0.2) is 24.6 Å². The average molecular weight is 535 g/mol. The van der Waals surface area contributed by atoms with Crippen LogP contribution in [0.1, 0.15) is 86.5 Å². The smallest absolute Gasteiger partial charge is 0.167 e. The van der Waals surface area contributed by atoms with Gasteiger partial charge in [-0.1, -0.05) is 105 Å². The van der Waals surface area contributed by atoms with E-state index >= 15 is 0 Å². The van der Waals surface area contributed by atoms with Crippen LogP contribution in [0.4, 0.5) is 11.4 Å². The van der Waals surface area contributed by atoms with Gasteiger partial charge in [0, 0.05) is 42.0 Å². The van der Waals surface area contributed by atoms with E-state index in [2.05, 4.69) is 101 Å². The zero-order chi connectivity index (χ0) is 29.1. The molecule has 3 nitrogen and oxygen atoms in total. The number of aryl methyl sites for hydroxylation is 2. The molecule has 0 fully saturated rings. The Labute approximate surface area is 242 Å². The molecule has 0 aromatic heterocycles. The quantitative estimate of drug-likeness (QED) is 0.150. The van der Waals surface area contributed by atoms with E-state index in [1.807, 2.05) is 31.2 Å². The van der Waals surface area contributed by atoms with Crippen molar-refractivity contribution in [1.29, 1.82) is 0 Å². The van der Waals surface area contributed by atoms with Gasteiger partial charge in [-0.25, -0.2) is 0 Å². The number of fused-ring (bicyclic) bond motifs is 1. The van der Waals surface area contributed by atoms with E-state index in [0.717, 1.165) is 58.0 Å². The van der Waals surface area contributed by atoms with Crippen LogP contribution in [-0.2, 0) is 6.42 Å². The first-order chi connectivity index (χ1) is 19.3. The predicted octanol–water partition coefficient (Wildman–Crippen LogP) is 10.1. The normalized spacial score (nSPS) is 11.2. The zero-order valence-corrected chi connectivity index (χ0v) is 25.6. The lowest BCUT2D eigenvalue weighted by atomic mass is 9.97. The van der Waals surface area contributed by atoms with E-state index in [0.29, 0.717) is 6.42 Å². The van der Waals surface area contributed by atoms with Crippen LogP contribution in [0.15, 0.2) is 83.9 Å². The number of carbonyl (C=O) groups excluding carboxylic acids is 1. The number of unbranched alkanes of at least 4 members (excludes halogenated alkanes) is 2. The van der Waals surface area contributed by atoms with Crippen LogP contribution in [0.2, 0.25) is 0 Å². The summed E-state index contributed by atoms with van der Waals surface area (Å²) in [6, 6.07) is 26.9. The lowest BCUT2D eigenvalue weighted by Gasteiger charge is -2.25. The summed E-state index contributed by atoms with van der Waals surface area (Å²) in [4.78, 5) is 20.6. The molecular weight excluding hydrogens is 488 g/mol. The number of rotatable bonds is 10. The third-order valence-corrected chi connectivity index (χ3v) is 7.40. The van der Waals surface area contributed by atoms with Crippen LogP contribution in [0, 0.1) is 13.8 Å². The Balaban J connectivity index is 0.000000810. The highest BCUT2D eigenvalue weighted by Gasteiger charge is 2.16. The molecule has 0 aliphatic rings. The molecule has 0 radical (unpaired) electrons. The van der Waals surface area contributed by atoms with Gasteiger partial charge < -0.3 is 4.90 Å². The Kier molecular flexibility index (Phi) is 11.7. The van der Waals surface area contributed by atoms with E-state index in [1.165, 1.54) is 30.0 Å². The molecule has 40 heavy (non-hydrogen) atoms. The summed E-state index contributed by atoms with van der Waals surface area (Å²) in [5.74, 6) is 0.128. The highest BCUT2D eigenvalue weighted by Crippen LogP contribution is 2.32. The lowest BCUT2D eigenvalue weighted by Crippen LogP contribution is -2.24. The number of aliphatic imine (C=N–C) groups is 1. The highest BCUT2D eigenvalue weighted by atomic mass is 16.1. The summed E-state index contributed by atoms with van der Waals surface area (Å²) < 4.78 is 0. The fraction of sp³-hybridized carbons (Fsp3) is 0.351. The molecule has 0 atom stereocenters. The Morgan fingerprint density at radius 3 is 2.08 bits per heavy atom. The van der Waals surface area contributed by atoms with Crippen LogP contribution < -0.4 is 4.90 Å². The second kappa shape index (κ2) is 15.2. The minimum atomic E-state index is 0.128. The molecule has 0 unspecified atom stereocenters. The van der Waals surface area contributed by atoms with Crippen molar-refractivity contribution in [3.63, 3.8) is 0 Å². The number of nitrogens with zero attached hydrogens (tertiary/aromatic N) is 2. The topological polar surface area (TPSA) is 32.7 Å². The Morgan fingerprint density at radius 2 is 1.45 bits per heavy atom. The summed E-state index contributed by atoms with van der Waals surface area (Å²) >= 11 is 0. The van der Waals surface area contributed by atoms with E-state index in [1.54, 1.807) is 0 Å². The standard InChI is InChI=1S/C32H34N2O.C5H12/c1-6-34(7-2)31-19-23(4)30(20-27(31)21-32(35)26-17-15-22(3)16-18-26)33-24(5)28-14-10-12-25-11-8-9-13-29(25)28;1-3-5-4-2/h8-20H,6-7,21H2,1-5H3;3-5H2,1-2H3. The molecule has 0 saturated carbocycles. The minimum Gasteiger partial charge on any atom is -0.372 e. The van der Waals surface area contributed by atoms with Gasteiger partial charge in [-0.2, -0.15) is 0 Å². The van der Waals surface area contributed by atoms with Gasteiger partial charge in [-0.3, -0.25) is 9.79 Å². The van der Waals surface area contributed by atoms with Crippen molar-refractivity contribution in [1.82, 2.24) is 0 Å². The number of hydrogen-bond donors (Lipinski definition) is 0. The van der Waals surface area contributed by atoms with Crippen molar-refractivity contribution in [2.45, 2.75) is 74.1 Å². The van der Waals surface area contributed by atoms with Gasteiger partial charge in [0.15, 0.2) is 5.78 Å². The van der Waals surface area contributed by atoms with E-state index in [4.69, 9.17) is 4.99 Å². The first kappa shape index (κ1) is 30.8. The van der Waals surface area contributed by atoms with Gasteiger partial charge in [0.05, 0.1) is 5.69 Å². The summed E-state index contributed by atoms with van der Waals surface area (Å²) in [5, 5.41) is 2.40. The van der Waals surface area contributed by atoms with Crippen LogP contribution in [0.3, 0.4) is 0 Å². The molecular formula is C37H46N2O. The SMILES string of the molecule is CCCCC.CCN(CC)c1cc(C)c(N=C(C)c2cccc3ccccc23)cc1CC(=O)c1ccc(C)cc1. The number of Topliss-reactive ketones (excluding diaryl/α,β-unsaturated/α-hetero) is 1. The maximum Gasteiger partial charge on any atom is 0.167 e. The lowest BCUT2D eigenvalue weighted by molar-refractivity contribution is 0.0993. The number of anilines is 1. The summed E-state index contributed by atoms with van der Waals surface area (Å²) in [6.07, 6.45) is 4.43. The second-order valence-corrected chi connectivity index (χ2v) is 10.5. The second-order valence-electron chi connectivity index (χ2n) is 10.5. The molecule has 3 heteroatoms. The van der Waals surface area contributed by atoms with Crippen molar-refractivity contribution >= 4 is 33.6 Å². The Hall–Kier alpha value is -3.72. The number of carbonyl (C=O) groups is 1. The summed E-state index contributed by atoms with van der Waals surface area (Å²) in [6.45, 7) is 16.7. The molecule has 0 aliphatic carbocycles. The monoisotopic (exact) mass is 534 g/mol. The van der Waals surface area contributed by atoms with Crippen molar-refractivity contribution in [2.24, 2.45) is 4.99 Å². The van der Waals surface area contributed by atoms with E-state index < -0.39 is 0 Å². The maximum absolute atomic E-state index is 13.2. The van der Waals surface area contributed by atoms with Crippen LogP contribution in [0.25, 0.3) is 10.8 Å². The molecule has 4 aromatic carbocycles. The van der Waals surface area contributed by atoms with Gasteiger partial charge in [0.25, 0.3) is 0 Å².